The van der Waals surface area contributed by atoms with Crippen molar-refractivity contribution in [1.29, 1.82) is 0 Å². The van der Waals surface area contributed by atoms with Gasteiger partial charge in [-0.05, 0) is 18.2 Å². The summed E-state index contributed by atoms with van der Waals surface area (Å²) in [4.78, 5) is 11.6. The molecule has 1 rings (SSSR count). The monoisotopic (exact) mass is 251 g/mol. The second kappa shape index (κ2) is 7.43. The number of nitrogens with one attached hydrogen (secondary N) is 1. The Morgan fingerprint density at radius 1 is 1.56 bits per heavy atom. The average molecular weight is 251 g/mol. The molecule has 0 saturated carbocycles. The van der Waals surface area contributed by atoms with Crippen molar-refractivity contribution in [2.75, 3.05) is 26.9 Å². The van der Waals surface area contributed by atoms with E-state index >= 15 is 0 Å². The summed E-state index contributed by atoms with van der Waals surface area (Å²) in [7, 11) is 1.52. The van der Waals surface area contributed by atoms with Crippen LogP contribution >= 0.6 is 0 Å². The van der Waals surface area contributed by atoms with Gasteiger partial charge in [-0.3, -0.25) is 4.79 Å². The number of carbonyl (C=O) groups excluding carboxylic acids is 1. The molecule has 0 aliphatic heterocycles. The van der Waals surface area contributed by atoms with Gasteiger partial charge in [0.05, 0.1) is 12.2 Å². The highest BCUT2D eigenvalue weighted by molar-refractivity contribution is 5.94. The predicted octanol–water partition coefficient (Wildman–Crippen LogP) is 0.546. The Hall–Kier alpha value is -1.90. The first kappa shape index (κ1) is 14.2. The van der Waals surface area contributed by atoms with Crippen LogP contribution in [0.5, 0.6) is 0 Å². The molecule has 5 heteroatoms. The molecule has 1 amide bonds. The highest BCUT2D eigenvalue weighted by atomic mass is 19.1. The molecular weight excluding hydrogens is 237 g/mol. The van der Waals surface area contributed by atoms with Crippen LogP contribution < -0.4 is 5.32 Å². The molecule has 0 radical (unpaired) electrons. The maximum Gasteiger partial charge on any atom is 0.254 e. The van der Waals surface area contributed by atoms with Gasteiger partial charge in [-0.15, -0.1) is 0 Å². The van der Waals surface area contributed by atoms with Gasteiger partial charge in [0, 0.05) is 19.2 Å². The van der Waals surface area contributed by atoms with Gasteiger partial charge in [-0.2, -0.15) is 0 Å². The van der Waals surface area contributed by atoms with Crippen molar-refractivity contribution in [3.63, 3.8) is 0 Å². The zero-order valence-electron chi connectivity index (χ0n) is 10.00. The molecule has 0 bridgehead atoms. The van der Waals surface area contributed by atoms with E-state index in [4.69, 9.17) is 9.84 Å². The Morgan fingerprint density at radius 2 is 2.33 bits per heavy atom. The number of halogens is 1. The molecule has 1 aromatic rings. The van der Waals surface area contributed by atoms with Gasteiger partial charge < -0.3 is 15.2 Å². The van der Waals surface area contributed by atoms with Crippen molar-refractivity contribution in [3.8, 4) is 11.8 Å². The lowest BCUT2D eigenvalue weighted by molar-refractivity contribution is 0.0933. The molecule has 4 nitrogen and oxygen atoms in total. The molecule has 0 fully saturated rings. The van der Waals surface area contributed by atoms with E-state index < -0.39 is 11.7 Å². The normalized spacial score (nSPS) is 9.50. The number of hydrogen-bond donors (Lipinski definition) is 2. The molecule has 0 heterocycles. The third-order valence-corrected chi connectivity index (χ3v) is 2.12. The lowest BCUT2D eigenvalue weighted by Gasteiger charge is -2.05. The molecular formula is C13H14FNO3. The fraction of sp³-hybridized carbons (Fsp3) is 0.308. The number of aliphatic hydroxyl groups excluding tert-OH is 1. The molecule has 2 N–H and O–H groups in total. The number of aliphatic hydroxyl groups is 1. The number of ether oxygens (including phenoxy) is 1. The van der Waals surface area contributed by atoms with E-state index in [1.54, 1.807) is 0 Å². The Morgan fingerprint density at radius 3 is 2.94 bits per heavy atom. The van der Waals surface area contributed by atoms with Gasteiger partial charge in [0.2, 0.25) is 0 Å². The van der Waals surface area contributed by atoms with Crippen LogP contribution in [0.1, 0.15) is 15.9 Å². The molecule has 18 heavy (non-hydrogen) atoms. The largest absolute Gasteiger partial charge is 0.384 e. The first-order valence-corrected chi connectivity index (χ1v) is 5.35. The molecule has 0 aromatic heterocycles. The highest BCUT2D eigenvalue weighted by Gasteiger charge is 2.10. The van der Waals surface area contributed by atoms with Gasteiger partial charge in [0.1, 0.15) is 12.4 Å². The summed E-state index contributed by atoms with van der Waals surface area (Å²) in [5.74, 6) is 3.83. The van der Waals surface area contributed by atoms with Crippen molar-refractivity contribution in [1.82, 2.24) is 5.32 Å². The molecule has 0 aliphatic carbocycles. The van der Waals surface area contributed by atoms with E-state index in [0.717, 1.165) is 6.07 Å². The summed E-state index contributed by atoms with van der Waals surface area (Å²) < 4.78 is 18.4. The van der Waals surface area contributed by atoms with Crippen LogP contribution in [0, 0.1) is 17.7 Å². The number of amides is 1. The lowest BCUT2D eigenvalue weighted by Crippen LogP contribution is -2.27. The highest BCUT2D eigenvalue weighted by Crippen LogP contribution is 2.09. The first-order valence-electron chi connectivity index (χ1n) is 5.35. The van der Waals surface area contributed by atoms with E-state index in [-0.39, 0.29) is 12.2 Å². The summed E-state index contributed by atoms with van der Waals surface area (Å²) in [5, 5.41) is 11.0. The van der Waals surface area contributed by atoms with Crippen molar-refractivity contribution in [3.05, 3.63) is 35.1 Å². The summed E-state index contributed by atoms with van der Waals surface area (Å²) in [6, 6.07) is 4.05. The Bertz CT molecular complexity index is 477. The SMILES string of the molecule is COCCNC(=O)c1ccc(C#CCO)cc1F. The number of rotatable bonds is 4. The van der Waals surface area contributed by atoms with Gasteiger partial charge >= 0.3 is 0 Å². The minimum absolute atomic E-state index is 0.0411. The minimum Gasteiger partial charge on any atom is -0.384 e. The van der Waals surface area contributed by atoms with E-state index in [2.05, 4.69) is 17.2 Å². The number of carbonyl (C=O) groups is 1. The summed E-state index contributed by atoms with van der Waals surface area (Å²) >= 11 is 0. The molecule has 0 unspecified atom stereocenters. The zero-order valence-corrected chi connectivity index (χ0v) is 10.00. The first-order chi connectivity index (χ1) is 8.69. The quantitative estimate of drug-likeness (QED) is 0.607. The van der Waals surface area contributed by atoms with Crippen LogP contribution in [0.2, 0.25) is 0 Å². The Kier molecular flexibility index (Phi) is 5.85. The van der Waals surface area contributed by atoms with Crippen molar-refractivity contribution in [2.24, 2.45) is 0 Å². The Labute approximate surface area is 105 Å². The van der Waals surface area contributed by atoms with Crippen LogP contribution in [0.3, 0.4) is 0 Å². The smallest absolute Gasteiger partial charge is 0.254 e. The van der Waals surface area contributed by atoms with Crippen LogP contribution in [-0.4, -0.2) is 37.9 Å². The predicted molar refractivity (Wildman–Crippen MR) is 64.6 cm³/mol. The Balaban J connectivity index is 2.75. The van der Waals surface area contributed by atoms with Gasteiger partial charge in [0.25, 0.3) is 5.91 Å². The topological polar surface area (TPSA) is 58.6 Å². The molecule has 0 aliphatic rings. The third kappa shape index (κ3) is 4.17. The molecule has 0 spiro atoms. The van der Waals surface area contributed by atoms with Gasteiger partial charge in [-0.25, -0.2) is 4.39 Å². The lowest BCUT2D eigenvalue weighted by atomic mass is 10.1. The fourth-order valence-corrected chi connectivity index (χ4v) is 1.28. The van der Waals surface area contributed by atoms with Gasteiger partial charge in [-0.1, -0.05) is 11.8 Å². The van der Waals surface area contributed by atoms with Crippen LogP contribution in [0.4, 0.5) is 4.39 Å². The van der Waals surface area contributed by atoms with Gasteiger partial charge in [0.15, 0.2) is 0 Å². The van der Waals surface area contributed by atoms with Crippen LogP contribution in [0.25, 0.3) is 0 Å². The maximum absolute atomic E-state index is 13.6. The van der Waals surface area contributed by atoms with E-state index in [0.29, 0.717) is 18.7 Å². The zero-order chi connectivity index (χ0) is 13.4. The second-order valence-corrected chi connectivity index (χ2v) is 3.40. The maximum atomic E-state index is 13.6. The van der Waals surface area contributed by atoms with Crippen molar-refractivity contribution < 1.29 is 19.0 Å². The summed E-state index contributed by atoms with van der Waals surface area (Å²) in [5.41, 5.74) is 0.371. The van der Waals surface area contributed by atoms with E-state index in [9.17, 15) is 9.18 Å². The second-order valence-electron chi connectivity index (χ2n) is 3.40. The number of methoxy groups -OCH3 is 1. The van der Waals surface area contributed by atoms with Crippen molar-refractivity contribution >= 4 is 5.91 Å². The third-order valence-electron chi connectivity index (χ3n) is 2.12. The number of benzene rings is 1. The van der Waals surface area contributed by atoms with Crippen molar-refractivity contribution in [2.45, 2.75) is 0 Å². The summed E-state index contributed by atoms with van der Waals surface area (Å²) in [6.07, 6.45) is 0. The van der Waals surface area contributed by atoms with E-state index in [1.165, 1.54) is 19.2 Å². The molecule has 1 aromatic carbocycles. The van der Waals surface area contributed by atoms with Crippen LogP contribution in [-0.2, 0) is 4.74 Å². The van der Waals surface area contributed by atoms with Crippen LogP contribution in [0.15, 0.2) is 18.2 Å². The fourth-order valence-electron chi connectivity index (χ4n) is 1.28. The minimum atomic E-state index is -0.644. The number of hydrogen-bond acceptors (Lipinski definition) is 3. The van der Waals surface area contributed by atoms with E-state index in [1.807, 2.05) is 0 Å². The average Bonchev–Trinajstić information content (AvgIpc) is 2.36. The molecule has 0 saturated heterocycles. The standard InChI is InChI=1S/C13H14FNO3/c1-18-8-6-15-13(17)11-5-4-10(3-2-7-16)9-12(11)14/h4-5,9,16H,6-8H2,1H3,(H,15,17). The molecule has 0 atom stereocenters. The summed E-state index contributed by atoms with van der Waals surface area (Å²) in [6.45, 7) is 0.398. The molecule has 96 valence electrons.